The number of benzene rings is 1. The average molecular weight is 316 g/mol. The molecule has 1 aromatic heterocycles. The number of aryl methyl sites for hydroxylation is 2. The lowest BCUT2D eigenvalue weighted by molar-refractivity contribution is 0.161. The molecule has 0 saturated heterocycles. The lowest BCUT2D eigenvalue weighted by Crippen LogP contribution is -2.13. The van der Waals surface area contributed by atoms with Crippen molar-refractivity contribution in [2.45, 2.75) is 39.0 Å². The van der Waals surface area contributed by atoms with E-state index in [1.807, 2.05) is 12.3 Å². The highest BCUT2D eigenvalue weighted by Crippen LogP contribution is 2.29. The van der Waals surface area contributed by atoms with E-state index < -0.39 is 6.09 Å². The quantitative estimate of drug-likeness (QED) is 0.893. The van der Waals surface area contributed by atoms with Gasteiger partial charge in [0, 0.05) is 10.9 Å². The third kappa shape index (κ3) is 3.47. The molecule has 0 unspecified atom stereocenters. The Labute approximate surface area is 134 Å². The summed E-state index contributed by atoms with van der Waals surface area (Å²) in [4.78, 5) is 16.0. The number of anilines is 1. The predicted octanol–water partition coefficient (Wildman–Crippen LogP) is 4.65. The van der Waals surface area contributed by atoms with Crippen molar-refractivity contribution in [3.8, 4) is 11.3 Å². The largest absolute Gasteiger partial charge is 0.449 e. The van der Waals surface area contributed by atoms with Gasteiger partial charge in [0.2, 0.25) is 0 Å². The zero-order chi connectivity index (χ0) is 15.4. The molecule has 0 spiro atoms. The van der Waals surface area contributed by atoms with E-state index in [0.717, 1.165) is 24.1 Å². The Bertz CT molecular complexity index is 666. The van der Waals surface area contributed by atoms with Gasteiger partial charge in [0.25, 0.3) is 0 Å². The minimum absolute atomic E-state index is 0.425. The Morgan fingerprint density at radius 2 is 2.14 bits per heavy atom. The molecular weight excluding hydrogens is 296 g/mol. The fraction of sp³-hybridized carbons (Fsp3) is 0.412. The number of hydrogen-bond acceptors (Lipinski definition) is 4. The zero-order valence-corrected chi connectivity index (χ0v) is 13.5. The summed E-state index contributed by atoms with van der Waals surface area (Å²) in [5, 5.41) is 5.23. The van der Waals surface area contributed by atoms with Crippen molar-refractivity contribution >= 4 is 22.6 Å². The lowest BCUT2D eigenvalue weighted by atomic mass is 9.90. The Balaban J connectivity index is 1.72. The van der Waals surface area contributed by atoms with Gasteiger partial charge in [-0.25, -0.2) is 9.78 Å². The number of hydrogen-bond donors (Lipinski definition) is 1. The van der Waals surface area contributed by atoms with Gasteiger partial charge in [-0.1, -0.05) is 19.1 Å². The average Bonchev–Trinajstić information content (AvgIpc) is 3.01. The summed E-state index contributed by atoms with van der Waals surface area (Å²) >= 11 is 1.42. The van der Waals surface area contributed by atoms with E-state index in [1.165, 1.54) is 41.7 Å². The molecule has 1 N–H and O–H groups in total. The first-order valence-corrected chi connectivity index (χ1v) is 8.65. The van der Waals surface area contributed by atoms with Crippen LogP contribution in [0.1, 0.15) is 37.3 Å². The van der Waals surface area contributed by atoms with Gasteiger partial charge in [-0.15, -0.1) is 11.3 Å². The van der Waals surface area contributed by atoms with Crippen LogP contribution in [0.25, 0.3) is 11.3 Å². The van der Waals surface area contributed by atoms with E-state index in [1.54, 1.807) is 0 Å². The van der Waals surface area contributed by atoms with Crippen LogP contribution in [-0.2, 0) is 17.6 Å². The lowest BCUT2D eigenvalue weighted by Gasteiger charge is -2.16. The molecule has 0 atom stereocenters. The SMILES string of the molecule is CCCOC(=O)Nc1nc(-c2ccc3c(c2)CCCC3)cs1. The maximum atomic E-state index is 11.5. The molecule has 1 heterocycles. The smallest absolute Gasteiger partial charge is 0.413 e. The topological polar surface area (TPSA) is 51.2 Å². The van der Waals surface area contributed by atoms with Crippen molar-refractivity contribution in [2.24, 2.45) is 0 Å². The van der Waals surface area contributed by atoms with Gasteiger partial charge in [-0.05, 0) is 49.3 Å². The summed E-state index contributed by atoms with van der Waals surface area (Å²) < 4.78 is 5.00. The molecule has 1 aliphatic rings. The van der Waals surface area contributed by atoms with E-state index in [-0.39, 0.29) is 0 Å². The number of nitrogens with zero attached hydrogens (tertiary/aromatic N) is 1. The molecule has 0 bridgehead atoms. The molecule has 0 fully saturated rings. The second-order valence-electron chi connectivity index (χ2n) is 5.49. The van der Waals surface area contributed by atoms with E-state index in [4.69, 9.17) is 4.74 Å². The van der Waals surface area contributed by atoms with Gasteiger partial charge < -0.3 is 4.74 Å². The number of carbonyl (C=O) groups is 1. The van der Waals surface area contributed by atoms with Crippen molar-refractivity contribution in [1.29, 1.82) is 0 Å². The van der Waals surface area contributed by atoms with Crippen molar-refractivity contribution in [1.82, 2.24) is 4.98 Å². The molecule has 22 heavy (non-hydrogen) atoms. The van der Waals surface area contributed by atoms with Crippen LogP contribution in [-0.4, -0.2) is 17.7 Å². The zero-order valence-electron chi connectivity index (χ0n) is 12.7. The molecule has 0 radical (unpaired) electrons. The van der Waals surface area contributed by atoms with Crippen LogP contribution in [0, 0.1) is 0 Å². The summed E-state index contributed by atoms with van der Waals surface area (Å²) in [6, 6.07) is 6.58. The molecule has 1 aliphatic carbocycles. The summed E-state index contributed by atoms with van der Waals surface area (Å²) in [5.74, 6) is 0. The molecule has 3 rings (SSSR count). The third-order valence-corrected chi connectivity index (χ3v) is 4.55. The third-order valence-electron chi connectivity index (χ3n) is 3.79. The van der Waals surface area contributed by atoms with E-state index >= 15 is 0 Å². The standard InChI is InChI=1S/C17H20N2O2S/c1-2-9-21-17(20)19-16-18-15(11-22-16)14-8-7-12-5-3-4-6-13(12)10-14/h7-8,10-11H,2-6,9H2,1H3,(H,18,19,20). The van der Waals surface area contributed by atoms with Gasteiger partial charge in [-0.2, -0.15) is 0 Å². The van der Waals surface area contributed by atoms with Gasteiger partial charge in [0.1, 0.15) is 0 Å². The fourth-order valence-electron chi connectivity index (χ4n) is 2.67. The van der Waals surface area contributed by atoms with E-state index in [9.17, 15) is 4.79 Å². The monoisotopic (exact) mass is 316 g/mol. The number of thiazole rings is 1. The maximum absolute atomic E-state index is 11.5. The highest BCUT2D eigenvalue weighted by atomic mass is 32.1. The minimum atomic E-state index is -0.437. The van der Waals surface area contributed by atoms with Gasteiger partial charge in [0.05, 0.1) is 12.3 Å². The molecule has 1 amide bonds. The molecule has 116 valence electrons. The highest BCUT2D eigenvalue weighted by Gasteiger charge is 2.12. The first-order valence-electron chi connectivity index (χ1n) is 7.77. The van der Waals surface area contributed by atoms with Crippen molar-refractivity contribution in [3.63, 3.8) is 0 Å². The number of fused-ring (bicyclic) bond motifs is 1. The number of carbonyl (C=O) groups excluding carboxylic acids is 1. The molecule has 5 heteroatoms. The van der Waals surface area contributed by atoms with Gasteiger partial charge in [0.15, 0.2) is 5.13 Å². The highest BCUT2D eigenvalue weighted by molar-refractivity contribution is 7.14. The number of aromatic nitrogens is 1. The van der Waals surface area contributed by atoms with E-state index in [2.05, 4.69) is 28.5 Å². The summed E-state index contributed by atoms with van der Waals surface area (Å²) in [6.45, 7) is 2.39. The van der Waals surface area contributed by atoms with Crippen molar-refractivity contribution in [2.75, 3.05) is 11.9 Å². The van der Waals surface area contributed by atoms with Crippen molar-refractivity contribution < 1.29 is 9.53 Å². The first kappa shape index (κ1) is 15.0. The summed E-state index contributed by atoms with van der Waals surface area (Å²) in [5.41, 5.74) is 4.93. The molecular formula is C17H20N2O2S. The Morgan fingerprint density at radius 1 is 1.32 bits per heavy atom. The number of amides is 1. The second kappa shape index (κ2) is 6.92. The van der Waals surface area contributed by atoms with Crippen LogP contribution in [0.3, 0.4) is 0 Å². The maximum Gasteiger partial charge on any atom is 0.413 e. The summed E-state index contributed by atoms with van der Waals surface area (Å²) in [6.07, 6.45) is 5.27. The first-order chi connectivity index (χ1) is 10.8. The molecule has 1 aromatic carbocycles. The molecule has 0 aliphatic heterocycles. The van der Waals surface area contributed by atoms with Gasteiger partial charge >= 0.3 is 6.09 Å². The number of nitrogens with one attached hydrogen (secondary N) is 1. The molecule has 0 saturated carbocycles. The van der Waals surface area contributed by atoms with Gasteiger partial charge in [-0.3, -0.25) is 5.32 Å². The van der Waals surface area contributed by atoms with E-state index in [0.29, 0.717) is 11.7 Å². The fourth-order valence-corrected chi connectivity index (χ4v) is 3.38. The minimum Gasteiger partial charge on any atom is -0.449 e. The Hall–Kier alpha value is -1.88. The molecule has 4 nitrogen and oxygen atoms in total. The summed E-state index contributed by atoms with van der Waals surface area (Å²) in [7, 11) is 0. The Kier molecular flexibility index (Phi) is 4.73. The van der Waals surface area contributed by atoms with Crippen LogP contribution < -0.4 is 5.32 Å². The normalized spacial score (nSPS) is 13.5. The Morgan fingerprint density at radius 3 is 2.95 bits per heavy atom. The second-order valence-corrected chi connectivity index (χ2v) is 6.35. The predicted molar refractivity (Wildman–Crippen MR) is 89.5 cm³/mol. The van der Waals surface area contributed by atoms with Crippen LogP contribution >= 0.6 is 11.3 Å². The van der Waals surface area contributed by atoms with Crippen LogP contribution in [0.2, 0.25) is 0 Å². The van der Waals surface area contributed by atoms with Crippen LogP contribution in [0.4, 0.5) is 9.93 Å². The number of rotatable bonds is 4. The molecule has 2 aromatic rings. The van der Waals surface area contributed by atoms with Crippen LogP contribution in [0.15, 0.2) is 23.6 Å². The number of ether oxygens (including phenoxy) is 1. The van der Waals surface area contributed by atoms with Crippen LogP contribution in [0.5, 0.6) is 0 Å². The van der Waals surface area contributed by atoms with Crippen molar-refractivity contribution in [3.05, 3.63) is 34.7 Å².